The third-order valence-electron chi connectivity index (χ3n) is 3.16. The number of hydrogen-bond acceptors (Lipinski definition) is 3. The summed E-state index contributed by atoms with van der Waals surface area (Å²) in [5, 5.41) is 4.32. The highest BCUT2D eigenvalue weighted by atomic mass is 32.2. The van der Waals surface area contributed by atoms with Crippen LogP contribution in [-0.2, 0) is 16.4 Å². The van der Waals surface area contributed by atoms with Gasteiger partial charge >= 0.3 is 0 Å². The van der Waals surface area contributed by atoms with E-state index in [0.29, 0.717) is 5.92 Å². The summed E-state index contributed by atoms with van der Waals surface area (Å²) in [6.07, 6.45) is 4.81. The molecule has 0 atom stereocenters. The van der Waals surface area contributed by atoms with Crippen LogP contribution >= 0.6 is 0 Å². The Morgan fingerprint density at radius 3 is 2.33 bits per heavy atom. The molecule has 1 heterocycles. The average molecular weight is 307 g/mol. The van der Waals surface area contributed by atoms with Gasteiger partial charge in [-0.1, -0.05) is 13.8 Å². The first-order valence-electron chi connectivity index (χ1n) is 6.87. The first-order chi connectivity index (χ1) is 9.80. The fourth-order valence-electron chi connectivity index (χ4n) is 2.06. The Labute approximate surface area is 126 Å². The van der Waals surface area contributed by atoms with E-state index in [1.807, 2.05) is 12.4 Å². The maximum atomic E-state index is 12.0. The molecule has 0 radical (unpaired) electrons. The minimum Gasteiger partial charge on any atom is -0.241 e. The molecule has 0 saturated carbocycles. The van der Waals surface area contributed by atoms with Crippen LogP contribution in [0.4, 0.5) is 0 Å². The number of aromatic nitrogens is 2. The van der Waals surface area contributed by atoms with Gasteiger partial charge in [0.15, 0.2) is 0 Å². The van der Waals surface area contributed by atoms with Crippen LogP contribution in [0.15, 0.2) is 41.6 Å². The van der Waals surface area contributed by atoms with E-state index in [9.17, 15) is 8.42 Å². The molecule has 0 aliphatic carbocycles. The lowest BCUT2D eigenvalue weighted by Crippen LogP contribution is -2.22. The second-order valence-corrected chi connectivity index (χ2v) is 7.82. The van der Waals surface area contributed by atoms with Gasteiger partial charge in [0.05, 0.1) is 16.8 Å². The zero-order valence-electron chi connectivity index (χ0n) is 12.8. The quantitative estimate of drug-likeness (QED) is 0.852. The van der Waals surface area contributed by atoms with Gasteiger partial charge < -0.3 is 0 Å². The molecule has 5 nitrogen and oxygen atoms in total. The van der Waals surface area contributed by atoms with Crippen molar-refractivity contribution in [1.82, 2.24) is 14.1 Å². The van der Waals surface area contributed by atoms with Crippen LogP contribution in [0.1, 0.15) is 19.4 Å². The van der Waals surface area contributed by atoms with Gasteiger partial charge in [0, 0.05) is 20.3 Å². The summed E-state index contributed by atoms with van der Waals surface area (Å²) in [4.78, 5) is 0.283. The van der Waals surface area contributed by atoms with Gasteiger partial charge in [-0.2, -0.15) is 5.10 Å². The van der Waals surface area contributed by atoms with Crippen molar-refractivity contribution in [1.29, 1.82) is 0 Å². The van der Waals surface area contributed by atoms with Crippen LogP contribution in [0.5, 0.6) is 0 Å². The predicted octanol–water partition coefficient (Wildman–Crippen LogP) is 2.32. The maximum absolute atomic E-state index is 12.0. The largest absolute Gasteiger partial charge is 0.242 e. The molecule has 1 aromatic heterocycles. The summed E-state index contributed by atoms with van der Waals surface area (Å²) in [5.74, 6) is 0.579. The molecule has 0 fully saturated rings. The zero-order chi connectivity index (χ0) is 15.6. The van der Waals surface area contributed by atoms with Crippen molar-refractivity contribution in [2.45, 2.75) is 25.2 Å². The van der Waals surface area contributed by atoms with Crippen LogP contribution in [0.25, 0.3) is 5.69 Å². The minimum absolute atomic E-state index is 0.283. The van der Waals surface area contributed by atoms with Gasteiger partial charge in [-0.3, -0.25) is 0 Å². The van der Waals surface area contributed by atoms with E-state index in [4.69, 9.17) is 0 Å². The molecule has 0 amide bonds. The molecule has 2 rings (SSSR count). The smallest absolute Gasteiger partial charge is 0.241 e. The Kier molecular flexibility index (Phi) is 4.49. The van der Waals surface area contributed by atoms with Gasteiger partial charge in [0.25, 0.3) is 0 Å². The molecule has 2 aromatic rings. The lowest BCUT2D eigenvalue weighted by atomic mass is 10.1. The highest BCUT2D eigenvalue weighted by Gasteiger charge is 2.16. The lowest BCUT2D eigenvalue weighted by Gasteiger charge is -2.11. The monoisotopic (exact) mass is 307 g/mol. The normalized spacial score (nSPS) is 12.3. The Morgan fingerprint density at radius 1 is 1.19 bits per heavy atom. The average Bonchev–Trinajstić information content (AvgIpc) is 2.86. The summed E-state index contributed by atoms with van der Waals surface area (Å²) < 4.78 is 27.0. The molecular weight excluding hydrogens is 286 g/mol. The summed E-state index contributed by atoms with van der Waals surface area (Å²) >= 11 is 0. The molecule has 21 heavy (non-hydrogen) atoms. The molecule has 114 valence electrons. The van der Waals surface area contributed by atoms with Crippen LogP contribution in [-0.4, -0.2) is 36.6 Å². The number of nitrogens with zero attached hydrogens (tertiary/aromatic N) is 3. The molecular formula is C15H21N3O2S. The van der Waals surface area contributed by atoms with Crippen molar-refractivity contribution in [2.24, 2.45) is 5.92 Å². The third kappa shape index (κ3) is 3.51. The van der Waals surface area contributed by atoms with Crippen LogP contribution in [0, 0.1) is 5.92 Å². The van der Waals surface area contributed by atoms with Crippen LogP contribution < -0.4 is 0 Å². The third-order valence-corrected chi connectivity index (χ3v) is 4.99. The first kappa shape index (κ1) is 15.7. The van der Waals surface area contributed by atoms with E-state index in [-0.39, 0.29) is 4.90 Å². The van der Waals surface area contributed by atoms with E-state index in [1.165, 1.54) is 24.0 Å². The molecule has 0 unspecified atom stereocenters. The zero-order valence-corrected chi connectivity index (χ0v) is 13.6. The molecule has 0 saturated heterocycles. The summed E-state index contributed by atoms with van der Waals surface area (Å²) in [7, 11) is -0.337. The number of hydrogen-bond donors (Lipinski definition) is 0. The Balaban J connectivity index is 2.25. The van der Waals surface area contributed by atoms with Crippen molar-refractivity contribution in [3.63, 3.8) is 0 Å². The van der Waals surface area contributed by atoms with Crippen molar-refractivity contribution in [3.05, 3.63) is 42.2 Å². The number of benzene rings is 1. The standard InChI is InChI=1S/C15H21N3O2S/c1-12(2)9-13-10-16-18(11-13)14-5-7-15(8-6-14)21(19,20)17(3)4/h5-8,10-12H,9H2,1-4H3. The highest BCUT2D eigenvalue weighted by Crippen LogP contribution is 2.17. The molecule has 0 N–H and O–H groups in total. The fraction of sp³-hybridized carbons (Fsp3) is 0.400. The van der Waals surface area contributed by atoms with E-state index in [2.05, 4.69) is 18.9 Å². The highest BCUT2D eigenvalue weighted by molar-refractivity contribution is 7.89. The van der Waals surface area contributed by atoms with Crippen molar-refractivity contribution in [3.8, 4) is 5.69 Å². The second-order valence-electron chi connectivity index (χ2n) is 5.67. The molecule has 0 aliphatic heterocycles. The molecule has 0 aliphatic rings. The van der Waals surface area contributed by atoms with Gasteiger partial charge in [-0.15, -0.1) is 0 Å². The van der Waals surface area contributed by atoms with Crippen LogP contribution in [0.3, 0.4) is 0 Å². The summed E-state index contributed by atoms with van der Waals surface area (Å²) in [5.41, 5.74) is 2.03. The van der Waals surface area contributed by atoms with Crippen LogP contribution in [0.2, 0.25) is 0 Å². The summed E-state index contributed by atoms with van der Waals surface area (Å²) in [6.45, 7) is 4.33. The predicted molar refractivity (Wildman–Crippen MR) is 83.0 cm³/mol. The first-order valence-corrected chi connectivity index (χ1v) is 8.31. The van der Waals surface area contributed by atoms with Gasteiger partial charge in [0.2, 0.25) is 10.0 Å². The number of rotatable bonds is 5. The molecule has 1 aromatic carbocycles. The SMILES string of the molecule is CC(C)Cc1cnn(-c2ccc(S(=O)(=O)N(C)C)cc2)c1. The van der Waals surface area contributed by atoms with E-state index < -0.39 is 10.0 Å². The van der Waals surface area contributed by atoms with Gasteiger partial charge in [-0.25, -0.2) is 17.4 Å². The molecule has 0 spiro atoms. The Morgan fingerprint density at radius 2 is 1.81 bits per heavy atom. The maximum Gasteiger partial charge on any atom is 0.242 e. The van der Waals surface area contributed by atoms with E-state index in [0.717, 1.165) is 12.1 Å². The van der Waals surface area contributed by atoms with E-state index >= 15 is 0 Å². The number of sulfonamides is 1. The molecule has 6 heteroatoms. The Hall–Kier alpha value is -1.66. The van der Waals surface area contributed by atoms with Gasteiger partial charge in [-0.05, 0) is 42.2 Å². The molecule has 0 bridgehead atoms. The summed E-state index contributed by atoms with van der Waals surface area (Å²) in [6, 6.07) is 6.74. The Bertz CT molecular complexity index is 701. The minimum atomic E-state index is -3.38. The van der Waals surface area contributed by atoms with Crippen molar-refractivity contribution in [2.75, 3.05) is 14.1 Å². The van der Waals surface area contributed by atoms with Gasteiger partial charge in [0.1, 0.15) is 0 Å². The fourth-order valence-corrected chi connectivity index (χ4v) is 2.96. The van der Waals surface area contributed by atoms with Crippen molar-refractivity contribution >= 4 is 10.0 Å². The topological polar surface area (TPSA) is 55.2 Å². The van der Waals surface area contributed by atoms with E-state index in [1.54, 1.807) is 28.9 Å². The lowest BCUT2D eigenvalue weighted by molar-refractivity contribution is 0.520. The van der Waals surface area contributed by atoms with Crippen molar-refractivity contribution < 1.29 is 8.42 Å². The second kappa shape index (κ2) is 5.99.